The summed E-state index contributed by atoms with van der Waals surface area (Å²) >= 11 is 0. The number of fused-ring (bicyclic) bond motifs is 1. The molecule has 0 saturated carbocycles. The largest absolute Gasteiger partial charge is 0.312 e. The minimum Gasteiger partial charge on any atom is -0.312 e. The molecule has 0 radical (unpaired) electrons. The van der Waals surface area contributed by atoms with Crippen LogP contribution in [0.5, 0.6) is 0 Å². The molecule has 0 bridgehead atoms. The Kier molecular flexibility index (Phi) is 5.35. The van der Waals surface area contributed by atoms with Crippen LogP contribution in [-0.4, -0.2) is 64.6 Å². The molecule has 164 valence electrons. The third-order valence-corrected chi connectivity index (χ3v) is 7.15. The second kappa shape index (κ2) is 8.16. The number of likely N-dealkylation sites (tertiary alicyclic amines) is 1. The van der Waals surface area contributed by atoms with Crippen LogP contribution in [0.15, 0.2) is 18.2 Å². The predicted octanol–water partition coefficient (Wildman–Crippen LogP) is 1.19. The Bertz CT molecular complexity index is 940. The first-order chi connectivity index (χ1) is 15.0. The van der Waals surface area contributed by atoms with Crippen LogP contribution in [0.1, 0.15) is 71.2 Å². The predicted molar refractivity (Wildman–Crippen MR) is 112 cm³/mol. The molecule has 31 heavy (non-hydrogen) atoms. The number of piperidine rings is 2. The number of nitrogens with zero attached hydrogens (tertiary/aromatic N) is 2. The Balaban J connectivity index is 1.39. The number of nitrogens with one attached hydrogen (secondary N) is 2. The molecule has 0 aromatic heterocycles. The fourth-order valence-corrected chi connectivity index (χ4v) is 5.65. The number of hydrogen-bond acceptors (Lipinski definition) is 6. The maximum absolute atomic E-state index is 13.3. The maximum Gasteiger partial charge on any atom is 0.262 e. The summed E-state index contributed by atoms with van der Waals surface area (Å²) in [5.41, 5.74) is 1.62. The quantitative estimate of drug-likeness (QED) is 0.705. The third-order valence-electron chi connectivity index (χ3n) is 7.15. The molecular formula is C23H28N4O4. The molecule has 4 aliphatic rings. The summed E-state index contributed by atoms with van der Waals surface area (Å²) in [6.07, 6.45) is 6.22. The molecule has 5 rings (SSSR count). The Hall–Kier alpha value is -2.58. The van der Waals surface area contributed by atoms with Gasteiger partial charge >= 0.3 is 0 Å². The molecule has 4 heterocycles. The number of amides is 4. The first kappa shape index (κ1) is 20.3. The van der Waals surface area contributed by atoms with Crippen molar-refractivity contribution in [3.8, 4) is 0 Å². The van der Waals surface area contributed by atoms with E-state index in [1.54, 1.807) is 6.07 Å². The lowest BCUT2D eigenvalue weighted by atomic mass is 9.95. The summed E-state index contributed by atoms with van der Waals surface area (Å²) in [7, 11) is 0. The highest BCUT2D eigenvalue weighted by molar-refractivity contribution is 6.24. The Labute approximate surface area is 181 Å². The van der Waals surface area contributed by atoms with Crippen LogP contribution in [0, 0.1) is 0 Å². The van der Waals surface area contributed by atoms with Crippen molar-refractivity contribution in [2.75, 3.05) is 13.1 Å². The number of carbonyl (C=O) groups is 4. The van der Waals surface area contributed by atoms with Gasteiger partial charge in [0.25, 0.3) is 11.8 Å². The second-order valence-corrected chi connectivity index (χ2v) is 9.02. The van der Waals surface area contributed by atoms with Crippen LogP contribution in [0.2, 0.25) is 0 Å². The molecule has 0 aliphatic carbocycles. The molecular weight excluding hydrogens is 396 g/mol. The summed E-state index contributed by atoms with van der Waals surface area (Å²) in [5.74, 6) is -1.80. The van der Waals surface area contributed by atoms with E-state index in [0.29, 0.717) is 29.8 Å². The zero-order chi connectivity index (χ0) is 21.5. The lowest BCUT2D eigenvalue weighted by Gasteiger charge is -2.35. The van der Waals surface area contributed by atoms with Crippen LogP contribution >= 0.6 is 0 Å². The van der Waals surface area contributed by atoms with E-state index in [1.165, 1.54) is 19.3 Å². The van der Waals surface area contributed by atoms with Crippen molar-refractivity contribution in [3.05, 3.63) is 34.9 Å². The van der Waals surface area contributed by atoms with Crippen LogP contribution in [0.25, 0.3) is 0 Å². The van der Waals surface area contributed by atoms with Gasteiger partial charge in [-0.25, -0.2) is 0 Å². The first-order valence-corrected chi connectivity index (χ1v) is 11.4. The van der Waals surface area contributed by atoms with Gasteiger partial charge in [0, 0.05) is 25.0 Å². The molecule has 2 N–H and O–H groups in total. The van der Waals surface area contributed by atoms with Crippen molar-refractivity contribution in [3.63, 3.8) is 0 Å². The summed E-state index contributed by atoms with van der Waals surface area (Å²) in [4.78, 5) is 53.7. The van der Waals surface area contributed by atoms with Gasteiger partial charge in [-0.2, -0.15) is 0 Å². The van der Waals surface area contributed by atoms with Gasteiger partial charge in [0.1, 0.15) is 6.04 Å². The SMILES string of the molecule is O=C1CCC(N2C(=O)c3cccc(CN4CCCC4C4CCCCN4)c3C2=O)C(=O)N1. The second-order valence-electron chi connectivity index (χ2n) is 9.02. The van der Waals surface area contributed by atoms with Crippen molar-refractivity contribution in [2.45, 2.75) is 69.6 Å². The number of rotatable bonds is 4. The lowest BCUT2D eigenvalue weighted by Crippen LogP contribution is -2.54. The van der Waals surface area contributed by atoms with Crippen LogP contribution in [0.4, 0.5) is 0 Å². The highest BCUT2D eigenvalue weighted by atomic mass is 16.2. The van der Waals surface area contributed by atoms with Gasteiger partial charge in [-0.1, -0.05) is 18.6 Å². The molecule has 3 fully saturated rings. The highest BCUT2D eigenvalue weighted by Gasteiger charge is 2.45. The van der Waals surface area contributed by atoms with Gasteiger partial charge in [-0.15, -0.1) is 0 Å². The maximum atomic E-state index is 13.3. The Morgan fingerprint density at radius 1 is 0.968 bits per heavy atom. The Morgan fingerprint density at radius 3 is 2.61 bits per heavy atom. The van der Waals surface area contributed by atoms with E-state index in [1.807, 2.05) is 12.1 Å². The Morgan fingerprint density at radius 2 is 1.84 bits per heavy atom. The molecule has 3 saturated heterocycles. The number of imide groups is 2. The van der Waals surface area contributed by atoms with E-state index in [4.69, 9.17) is 0 Å². The van der Waals surface area contributed by atoms with Crippen molar-refractivity contribution in [1.29, 1.82) is 0 Å². The van der Waals surface area contributed by atoms with Crippen molar-refractivity contribution >= 4 is 23.6 Å². The van der Waals surface area contributed by atoms with Gasteiger partial charge in [0.2, 0.25) is 11.8 Å². The minimum absolute atomic E-state index is 0.126. The molecule has 1 aromatic carbocycles. The highest BCUT2D eigenvalue weighted by Crippen LogP contribution is 2.32. The normalized spacial score (nSPS) is 29.4. The summed E-state index contributed by atoms with van der Waals surface area (Å²) < 4.78 is 0. The fraction of sp³-hybridized carbons (Fsp3) is 0.565. The van der Waals surface area contributed by atoms with Gasteiger partial charge in [-0.05, 0) is 56.8 Å². The zero-order valence-electron chi connectivity index (χ0n) is 17.6. The monoisotopic (exact) mass is 424 g/mol. The van der Waals surface area contributed by atoms with E-state index in [-0.39, 0.29) is 18.7 Å². The minimum atomic E-state index is -0.927. The molecule has 1 aromatic rings. The van der Waals surface area contributed by atoms with E-state index in [0.717, 1.165) is 36.4 Å². The summed E-state index contributed by atoms with van der Waals surface area (Å²) in [6, 6.07) is 5.39. The zero-order valence-corrected chi connectivity index (χ0v) is 17.6. The number of carbonyl (C=O) groups excluding carboxylic acids is 4. The molecule has 8 heteroatoms. The average molecular weight is 425 g/mol. The van der Waals surface area contributed by atoms with Gasteiger partial charge in [-0.3, -0.25) is 34.3 Å². The average Bonchev–Trinajstić information content (AvgIpc) is 3.33. The standard InChI is InChI=1S/C23H28N4O4/c28-19-10-9-18(21(29)25-19)27-22(30)15-6-3-5-14(20(15)23(27)31)13-26-12-4-8-17(26)16-7-1-2-11-24-16/h3,5-6,16-18,24H,1-2,4,7-13H2,(H,25,28,29). The van der Waals surface area contributed by atoms with E-state index in [2.05, 4.69) is 15.5 Å². The number of benzene rings is 1. The molecule has 4 amide bonds. The molecule has 4 aliphatic heterocycles. The van der Waals surface area contributed by atoms with Crippen molar-refractivity contribution in [1.82, 2.24) is 20.4 Å². The smallest absolute Gasteiger partial charge is 0.262 e. The topological polar surface area (TPSA) is 98.8 Å². The van der Waals surface area contributed by atoms with E-state index in [9.17, 15) is 19.2 Å². The molecule has 8 nitrogen and oxygen atoms in total. The van der Waals surface area contributed by atoms with Crippen LogP contribution in [-0.2, 0) is 16.1 Å². The van der Waals surface area contributed by atoms with Gasteiger partial charge < -0.3 is 5.32 Å². The van der Waals surface area contributed by atoms with E-state index >= 15 is 0 Å². The van der Waals surface area contributed by atoms with Crippen molar-refractivity contribution < 1.29 is 19.2 Å². The first-order valence-electron chi connectivity index (χ1n) is 11.4. The number of hydrogen-bond donors (Lipinski definition) is 2. The summed E-state index contributed by atoms with van der Waals surface area (Å²) in [5, 5.41) is 5.91. The molecule has 0 spiro atoms. The lowest BCUT2D eigenvalue weighted by molar-refractivity contribution is -0.136. The van der Waals surface area contributed by atoms with E-state index < -0.39 is 23.8 Å². The summed E-state index contributed by atoms with van der Waals surface area (Å²) in [6.45, 7) is 2.66. The third kappa shape index (κ3) is 3.57. The van der Waals surface area contributed by atoms with Crippen LogP contribution < -0.4 is 10.6 Å². The van der Waals surface area contributed by atoms with Crippen LogP contribution in [0.3, 0.4) is 0 Å². The molecule has 3 unspecified atom stereocenters. The van der Waals surface area contributed by atoms with Gasteiger partial charge in [0.15, 0.2) is 0 Å². The van der Waals surface area contributed by atoms with Crippen molar-refractivity contribution in [2.24, 2.45) is 0 Å². The fourth-order valence-electron chi connectivity index (χ4n) is 5.65. The molecule has 3 atom stereocenters. The van der Waals surface area contributed by atoms with Gasteiger partial charge in [0.05, 0.1) is 11.1 Å².